The summed E-state index contributed by atoms with van der Waals surface area (Å²) in [5.74, 6) is 1.24. The van der Waals surface area contributed by atoms with Crippen molar-refractivity contribution in [1.82, 2.24) is 5.32 Å². The van der Waals surface area contributed by atoms with E-state index in [2.05, 4.69) is 22.2 Å². The lowest BCUT2D eigenvalue weighted by Crippen LogP contribution is -2.25. The van der Waals surface area contributed by atoms with E-state index >= 15 is 0 Å². The monoisotopic (exact) mass is 329 g/mol. The minimum atomic E-state index is -0.408. The fourth-order valence-corrected chi connectivity index (χ4v) is 2.80. The summed E-state index contributed by atoms with van der Waals surface area (Å²) < 4.78 is 4.62. The number of amides is 1. The van der Waals surface area contributed by atoms with E-state index in [1.165, 1.54) is 12.7 Å². The Kier molecular flexibility index (Phi) is 6.69. The van der Waals surface area contributed by atoms with Crippen molar-refractivity contribution in [2.24, 2.45) is 0 Å². The van der Waals surface area contributed by atoms with Crippen LogP contribution < -0.4 is 5.32 Å². The Balaban J connectivity index is 1.71. The van der Waals surface area contributed by atoms with E-state index in [1.807, 2.05) is 18.2 Å². The summed E-state index contributed by atoms with van der Waals surface area (Å²) in [6.45, 7) is 0.606. The molecule has 0 fully saturated rings. The van der Waals surface area contributed by atoms with E-state index in [0.717, 1.165) is 11.5 Å². The number of thioether (sulfide) groups is 1. The van der Waals surface area contributed by atoms with Gasteiger partial charge in [-0.25, -0.2) is 4.79 Å². The maximum absolute atomic E-state index is 12.0. The van der Waals surface area contributed by atoms with Gasteiger partial charge in [-0.3, -0.25) is 4.79 Å². The molecule has 2 aromatic rings. The Morgan fingerprint density at radius 1 is 1.00 bits per heavy atom. The molecule has 0 saturated heterocycles. The molecule has 23 heavy (non-hydrogen) atoms. The Morgan fingerprint density at radius 3 is 2.30 bits per heavy atom. The SMILES string of the molecule is COC(=O)c1ccc(C(=O)NCCSCc2ccccc2)cc1. The largest absolute Gasteiger partial charge is 0.465 e. The Morgan fingerprint density at radius 2 is 1.65 bits per heavy atom. The lowest BCUT2D eigenvalue weighted by Gasteiger charge is -2.06. The van der Waals surface area contributed by atoms with Crippen molar-refractivity contribution in [1.29, 1.82) is 0 Å². The van der Waals surface area contributed by atoms with Crippen LogP contribution in [0, 0.1) is 0 Å². The van der Waals surface area contributed by atoms with Gasteiger partial charge in [-0.05, 0) is 29.8 Å². The molecule has 1 N–H and O–H groups in total. The van der Waals surface area contributed by atoms with Crippen LogP contribution in [0.15, 0.2) is 54.6 Å². The van der Waals surface area contributed by atoms with Gasteiger partial charge >= 0.3 is 5.97 Å². The van der Waals surface area contributed by atoms with Crippen LogP contribution in [0.4, 0.5) is 0 Å². The molecule has 0 unspecified atom stereocenters. The highest BCUT2D eigenvalue weighted by Gasteiger charge is 2.08. The number of benzene rings is 2. The van der Waals surface area contributed by atoms with Crippen molar-refractivity contribution in [3.63, 3.8) is 0 Å². The van der Waals surface area contributed by atoms with Crippen LogP contribution in [-0.4, -0.2) is 31.3 Å². The average Bonchev–Trinajstić information content (AvgIpc) is 2.61. The van der Waals surface area contributed by atoms with Gasteiger partial charge in [0.25, 0.3) is 5.91 Å². The smallest absolute Gasteiger partial charge is 0.337 e. The number of nitrogens with one attached hydrogen (secondary N) is 1. The first-order chi connectivity index (χ1) is 11.2. The molecule has 4 nitrogen and oxygen atoms in total. The lowest BCUT2D eigenvalue weighted by molar-refractivity contribution is 0.0600. The predicted molar refractivity (Wildman–Crippen MR) is 92.7 cm³/mol. The van der Waals surface area contributed by atoms with Gasteiger partial charge < -0.3 is 10.1 Å². The molecule has 0 aliphatic carbocycles. The van der Waals surface area contributed by atoms with Gasteiger partial charge in [-0.2, -0.15) is 11.8 Å². The first-order valence-electron chi connectivity index (χ1n) is 7.29. The predicted octanol–water partition coefficient (Wildman–Crippen LogP) is 3.14. The molecule has 120 valence electrons. The van der Waals surface area contributed by atoms with Crippen LogP contribution in [0.5, 0.6) is 0 Å². The normalized spacial score (nSPS) is 10.1. The molecule has 1 amide bonds. The first-order valence-corrected chi connectivity index (χ1v) is 8.44. The minimum absolute atomic E-state index is 0.137. The van der Waals surface area contributed by atoms with Gasteiger partial charge in [0.05, 0.1) is 12.7 Å². The second kappa shape index (κ2) is 9.00. The number of carbonyl (C=O) groups is 2. The third-order valence-corrected chi connectivity index (χ3v) is 4.24. The second-order valence-electron chi connectivity index (χ2n) is 4.86. The molecule has 2 rings (SSSR count). The van der Waals surface area contributed by atoms with Crippen LogP contribution in [0.2, 0.25) is 0 Å². The molecular weight excluding hydrogens is 310 g/mol. The summed E-state index contributed by atoms with van der Waals surface area (Å²) in [5, 5.41) is 2.87. The van der Waals surface area contributed by atoms with Gasteiger partial charge in [0, 0.05) is 23.6 Å². The molecule has 5 heteroatoms. The van der Waals surface area contributed by atoms with Crippen molar-refractivity contribution >= 4 is 23.6 Å². The van der Waals surface area contributed by atoms with E-state index < -0.39 is 5.97 Å². The molecule has 0 saturated carbocycles. The maximum Gasteiger partial charge on any atom is 0.337 e. The lowest BCUT2D eigenvalue weighted by atomic mass is 10.1. The van der Waals surface area contributed by atoms with E-state index in [9.17, 15) is 9.59 Å². The zero-order valence-electron chi connectivity index (χ0n) is 13.0. The molecular formula is C18H19NO3S. The van der Waals surface area contributed by atoms with Crippen molar-refractivity contribution in [2.75, 3.05) is 19.4 Å². The Labute approximate surface area is 140 Å². The van der Waals surface area contributed by atoms with Crippen molar-refractivity contribution in [3.05, 3.63) is 71.3 Å². The van der Waals surface area contributed by atoms with E-state index in [1.54, 1.807) is 36.0 Å². The molecule has 0 aromatic heterocycles. The number of hydrogen-bond acceptors (Lipinski definition) is 4. The van der Waals surface area contributed by atoms with E-state index in [-0.39, 0.29) is 5.91 Å². The highest BCUT2D eigenvalue weighted by molar-refractivity contribution is 7.98. The number of carbonyl (C=O) groups excluding carboxylic acids is 2. The minimum Gasteiger partial charge on any atom is -0.465 e. The van der Waals surface area contributed by atoms with E-state index in [0.29, 0.717) is 17.7 Å². The summed E-state index contributed by atoms with van der Waals surface area (Å²) in [7, 11) is 1.33. The van der Waals surface area contributed by atoms with Gasteiger partial charge in [0.15, 0.2) is 0 Å². The molecule has 0 spiro atoms. The van der Waals surface area contributed by atoms with Gasteiger partial charge in [0.2, 0.25) is 0 Å². The number of esters is 1. The molecule has 0 radical (unpaired) electrons. The molecule has 0 heterocycles. The molecule has 0 atom stereocenters. The highest BCUT2D eigenvalue weighted by Crippen LogP contribution is 2.11. The molecule has 0 bridgehead atoms. The Hall–Kier alpha value is -2.27. The quantitative estimate of drug-likeness (QED) is 0.626. The Bertz CT molecular complexity index is 641. The highest BCUT2D eigenvalue weighted by atomic mass is 32.2. The second-order valence-corrected chi connectivity index (χ2v) is 5.97. The number of rotatable bonds is 7. The number of ether oxygens (including phenoxy) is 1. The van der Waals surface area contributed by atoms with Gasteiger partial charge in [0.1, 0.15) is 0 Å². The van der Waals surface area contributed by atoms with Crippen molar-refractivity contribution in [3.8, 4) is 0 Å². The van der Waals surface area contributed by atoms with E-state index in [4.69, 9.17) is 0 Å². The fraction of sp³-hybridized carbons (Fsp3) is 0.222. The zero-order chi connectivity index (χ0) is 16.5. The van der Waals surface area contributed by atoms with Crippen LogP contribution in [0.25, 0.3) is 0 Å². The summed E-state index contributed by atoms with van der Waals surface area (Å²) in [6.07, 6.45) is 0. The molecule has 0 aliphatic rings. The van der Waals surface area contributed by atoms with Gasteiger partial charge in [-0.1, -0.05) is 30.3 Å². The summed E-state index contributed by atoms with van der Waals surface area (Å²) in [6, 6.07) is 16.7. The van der Waals surface area contributed by atoms with Crippen LogP contribution in [0.1, 0.15) is 26.3 Å². The third-order valence-electron chi connectivity index (χ3n) is 3.21. The van der Waals surface area contributed by atoms with Gasteiger partial charge in [-0.15, -0.1) is 0 Å². The van der Waals surface area contributed by atoms with Crippen molar-refractivity contribution in [2.45, 2.75) is 5.75 Å². The topological polar surface area (TPSA) is 55.4 Å². The standard InChI is InChI=1S/C18H19NO3S/c1-22-18(21)16-9-7-15(8-10-16)17(20)19-11-12-23-13-14-5-3-2-4-6-14/h2-10H,11-13H2,1H3,(H,19,20). The first kappa shape index (κ1) is 17.1. The van der Waals surface area contributed by atoms with Crippen LogP contribution in [0.3, 0.4) is 0 Å². The molecule has 0 aliphatic heterocycles. The average molecular weight is 329 g/mol. The summed E-state index contributed by atoms with van der Waals surface area (Å²) in [5.41, 5.74) is 2.25. The maximum atomic E-state index is 12.0. The fourth-order valence-electron chi connectivity index (χ4n) is 1.98. The van der Waals surface area contributed by atoms with Crippen LogP contribution >= 0.6 is 11.8 Å². The number of hydrogen-bond donors (Lipinski definition) is 1. The molecule has 2 aromatic carbocycles. The number of methoxy groups -OCH3 is 1. The summed E-state index contributed by atoms with van der Waals surface area (Å²) >= 11 is 1.78. The summed E-state index contributed by atoms with van der Waals surface area (Å²) in [4.78, 5) is 23.3. The third kappa shape index (κ3) is 5.45. The van der Waals surface area contributed by atoms with Crippen molar-refractivity contribution < 1.29 is 14.3 Å². The van der Waals surface area contributed by atoms with Crippen LogP contribution in [-0.2, 0) is 10.5 Å². The zero-order valence-corrected chi connectivity index (χ0v) is 13.8.